The fourth-order valence-electron chi connectivity index (χ4n) is 6.84. The van der Waals surface area contributed by atoms with Crippen LogP contribution < -0.4 is 14.7 Å². The molecule has 0 aromatic heterocycles. The largest absolute Gasteiger partial charge is 0.315 e. The normalized spacial score (nSPS) is 32.8. The van der Waals surface area contributed by atoms with Crippen LogP contribution in [0.5, 0.6) is 0 Å². The molecule has 3 fully saturated rings. The number of nitrogens with one attached hydrogen (secondary N) is 1. The Morgan fingerprint density at radius 3 is 2.50 bits per heavy atom. The number of amides is 3. The van der Waals surface area contributed by atoms with E-state index in [0.717, 1.165) is 35.5 Å². The summed E-state index contributed by atoms with van der Waals surface area (Å²) in [6.45, 7) is 3.24. The van der Waals surface area contributed by atoms with Crippen molar-refractivity contribution in [2.75, 3.05) is 22.9 Å². The lowest BCUT2D eigenvalue weighted by molar-refractivity contribution is -0.948. The van der Waals surface area contributed by atoms with Gasteiger partial charge >= 0.3 is 0 Å². The fraction of sp³-hybridized carbons (Fsp3) is 0.375. The molecule has 1 unspecified atom stereocenters. The molecule has 3 amide bonds. The van der Waals surface area contributed by atoms with Crippen molar-refractivity contribution in [3.63, 3.8) is 0 Å². The van der Waals surface area contributed by atoms with E-state index in [0.29, 0.717) is 22.3 Å². The smallest absolute Gasteiger partial charge is 0.294 e. The van der Waals surface area contributed by atoms with Crippen LogP contribution in [-0.4, -0.2) is 36.9 Å². The van der Waals surface area contributed by atoms with Gasteiger partial charge in [-0.3, -0.25) is 14.4 Å². The SMILES string of the molecule is CCN1C(=O)[C@@]2(c3ccccc31)[C@@H]1C(=O)N(c3cc(Cl)cc(Cl)c3)C(=O)[C@@H]1[C@@H]1CCC[NH+]12. The second-order valence-electron chi connectivity index (χ2n) is 9.04. The zero-order valence-corrected chi connectivity index (χ0v) is 19.0. The molecule has 164 valence electrons. The van der Waals surface area contributed by atoms with Gasteiger partial charge in [-0.2, -0.15) is 0 Å². The van der Waals surface area contributed by atoms with Crippen LogP contribution in [0.3, 0.4) is 0 Å². The predicted molar refractivity (Wildman–Crippen MR) is 121 cm³/mol. The molecule has 3 saturated heterocycles. The molecule has 2 aromatic rings. The Morgan fingerprint density at radius 1 is 1.06 bits per heavy atom. The van der Waals surface area contributed by atoms with Crippen LogP contribution in [-0.2, 0) is 19.9 Å². The van der Waals surface area contributed by atoms with E-state index in [-0.39, 0.29) is 23.8 Å². The van der Waals surface area contributed by atoms with Crippen molar-refractivity contribution in [2.45, 2.75) is 31.3 Å². The highest BCUT2D eigenvalue weighted by Crippen LogP contribution is 2.53. The Kier molecular flexibility index (Phi) is 4.29. The third-order valence-corrected chi connectivity index (χ3v) is 8.23. The molecule has 6 nitrogen and oxygen atoms in total. The minimum Gasteiger partial charge on any atom is -0.315 e. The third-order valence-electron chi connectivity index (χ3n) is 7.79. The van der Waals surface area contributed by atoms with Gasteiger partial charge in [-0.05, 0) is 31.2 Å². The average molecular weight is 471 g/mol. The van der Waals surface area contributed by atoms with E-state index < -0.39 is 17.4 Å². The van der Waals surface area contributed by atoms with Gasteiger partial charge < -0.3 is 9.80 Å². The summed E-state index contributed by atoms with van der Waals surface area (Å²) >= 11 is 12.4. The Balaban J connectivity index is 1.57. The number of nitrogens with zero attached hydrogens (tertiary/aromatic N) is 2. The van der Waals surface area contributed by atoms with Gasteiger partial charge in [-0.1, -0.05) is 41.4 Å². The van der Waals surface area contributed by atoms with Gasteiger partial charge in [0, 0.05) is 35.0 Å². The van der Waals surface area contributed by atoms with Crippen molar-refractivity contribution < 1.29 is 19.3 Å². The Hall–Kier alpha value is -2.41. The molecule has 4 aliphatic rings. The van der Waals surface area contributed by atoms with Crippen LogP contribution in [0.4, 0.5) is 11.4 Å². The summed E-state index contributed by atoms with van der Waals surface area (Å²) in [5.74, 6) is -1.92. The van der Waals surface area contributed by atoms with E-state index >= 15 is 0 Å². The Labute approximate surface area is 195 Å². The van der Waals surface area contributed by atoms with Gasteiger partial charge in [-0.25, -0.2) is 4.90 Å². The number of halogens is 2. The lowest BCUT2D eigenvalue weighted by Gasteiger charge is -2.34. The molecule has 32 heavy (non-hydrogen) atoms. The number of carbonyl (C=O) groups excluding carboxylic acids is 3. The fourth-order valence-corrected chi connectivity index (χ4v) is 7.35. The van der Waals surface area contributed by atoms with E-state index in [9.17, 15) is 14.4 Å². The van der Waals surface area contributed by atoms with Gasteiger partial charge in [0.25, 0.3) is 5.91 Å². The predicted octanol–water partition coefficient (Wildman–Crippen LogP) is 2.42. The van der Waals surface area contributed by atoms with Crippen molar-refractivity contribution in [1.82, 2.24) is 0 Å². The number of fused-ring (bicyclic) bond motifs is 7. The Bertz CT molecular complexity index is 1180. The van der Waals surface area contributed by atoms with Crippen molar-refractivity contribution >= 4 is 52.3 Å². The number of para-hydroxylation sites is 1. The van der Waals surface area contributed by atoms with Crippen LogP contribution in [0.25, 0.3) is 0 Å². The molecule has 5 atom stereocenters. The molecule has 1 spiro atoms. The number of benzene rings is 2. The molecule has 6 rings (SSSR count). The maximum absolute atomic E-state index is 14.1. The summed E-state index contributed by atoms with van der Waals surface area (Å²) in [4.78, 5) is 45.9. The number of imide groups is 1. The average Bonchev–Trinajstić information content (AvgIpc) is 3.45. The summed E-state index contributed by atoms with van der Waals surface area (Å²) < 4.78 is 0. The zero-order chi connectivity index (χ0) is 22.4. The molecule has 0 bridgehead atoms. The number of quaternary nitrogens is 1. The zero-order valence-electron chi connectivity index (χ0n) is 17.5. The van der Waals surface area contributed by atoms with Crippen LogP contribution in [0, 0.1) is 11.8 Å². The maximum Gasteiger partial charge on any atom is 0.294 e. The summed E-state index contributed by atoms with van der Waals surface area (Å²) in [6.07, 6.45) is 1.75. The highest BCUT2D eigenvalue weighted by Gasteiger charge is 2.79. The molecule has 2 aromatic carbocycles. The van der Waals surface area contributed by atoms with Gasteiger partial charge in [0.05, 0.1) is 17.9 Å². The van der Waals surface area contributed by atoms with Crippen LogP contribution in [0.15, 0.2) is 42.5 Å². The molecular weight excluding hydrogens is 449 g/mol. The van der Waals surface area contributed by atoms with Crippen LogP contribution in [0.1, 0.15) is 25.3 Å². The lowest BCUT2D eigenvalue weighted by atomic mass is 9.75. The summed E-state index contributed by atoms with van der Waals surface area (Å²) in [7, 11) is 0. The first-order valence-corrected chi connectivity index (χ1v) is 11.8. The number of hydrogen-bond acceptors (Lipinski definition) is 3. The third kappa shape index (κ3) is 2.28. The second kappa shape index (κ2) is 6.80. The molecule has 1 N–H and O–H groups in total. The topological polar surface area (TPSA) is 62.1 Å². The van der Waals surface area contributed by atoms with Crippen molar-refractivity contribution in [2.24, 2.45) is 11.8 Å². The molecule has 4 heterocycles. The van der Waals surface area contributed by atoms with E-state index in [1.54, 1.807) is 23.1 Å². The number of likely N-dealkylation sites (N-methyl/N-ethyl adjacent to an activating group) is 1. The quantitative estimate of drug-likeness (QED) is 0.685. The van der Waals surface area contributed by atoms with Gasteiger partial charge in [-0.15, -0.1) is 0 Å². The van der Waals surface area contributed by atoms with E-state index in [2.05, 4.69) is 0 Å². The minimum atomic E-state index is -1.07. The summed E-state index contributed by atoms with van der Waals surface area (Å²) in [5, 5.41) is 0.708. The monoisotopic (exact) mass is 470 g/mol. The van der Waals surface area contributed by atoms with Gasteiger partial charge in [0.15, 0.2) is 0 Å². The maximum atomic E-state index is 14.1. The van der Waals surface area contributed by atoms with E-state index in [4.69, 9.17) is 23.2 Å². The van der Waals surface area contributed by atoms with Crippen molar-refractivity contribution in [3.8, 4) is 0 Å². The number of carbonyl (C=O) groups is 3. The summed E-state index contributed by atoms with van der Waals surface area (Å²) in [6, 6.07) is 12.4. The number of anilines is 2. The molecule has 0 aliphatic carbocycles. The molecule has 0 saturated carbocycles. The Morgan fingerprint density at radius 2 is 1.78 bits per heavy atom. The second-order valence-corrected chi connectivity index (χ2v) is 9.91. The summed E-state index contributed by atoms with van der Waals surface area (Å²) in [5.41, 5.74) is 1.02. The van der Waals surface area contributed by atoms with Gasteiger partial charge in [0.1, 0.15) is 17.9 Å². The van der Waals surface area contributed by atoms with Gasteiger partial charge in [0.2, 0.25) is 17.4 Å². The van der Waals surface area contributed by atoms with E-state index in [1.807, 2.05) is 31.2 Å². The molecule has 4 aliphatic heterocycles. The standard InChI is InChI=1S/C24H21Cl2N3O3/c1-2-27-17-7-4-3-6-16(17)24(23(27)32)20-19(18-8-5-9-28(18)24)21(30)29(22(20)31)15-11-13(25)10-14(26)12-15/h3-4,6-7,10-12,18-20H,2,5,8-9H2,1H3/p+1/t18-,19+,20-,24+/m0/s1. The van der Waals surface area contributed by atoms with Crippen LogP contribution in [0.2, 0.25) is 10.0 Å². The minimum absolute atomic E-state index is 0.0649. The number of hydrogen-bond donors (Lipinski definition) is 1. The first-order valence-electron chi connectivity index (χ1n) is 11.0. The lowest BCUT2D eigenvalue weighted by Crippen LogP contribution is -3.20. The highest BCUT2D eigenvalue weighted by molar-refractivity contribution is 6.36. The van der Waals surface area contributed by atoms with E-state index in [1.165, 1.54) is 4.90 Å². The number of rotatable bonds is 2. The molecule has 0 radical (unpaired) electrons. The molecular formula is C24H22Cl2N3O3+. The first-order chi connectivity index (χ1) is 15.4. The van der Waals surface area contributed by atoms with Crippen molar-refractivity contribution in [1.29, 1.82) is 0 Å². The first kappa shape index (κ1) is 20.2. The highest BCUT2D eigenvalue weighted by atomic mass is 35.5. The molecule has 8 heteroatoms. The van der Waals surface area contributed by atoms with Crippen molar-refractivity contribution in [3.05, 3.63) is 58.1 Å². The van der Waals surface area contributed by atoms with Crippen LogP contribution >= 0.6 is 23.2 Å².